The third-order valence-corrected chi connectivity index (χ3v) is 3.45. The molecule has 5 nitrogen and oxygen atoms in total. The number of amides is 2. The lowest BCUT2D eigenvalue weighted by Crippen LogP contribution is -2.43. The standard InChI is InChI=1S/C11H15NO4/c13-9-4-5-10(14)12(9)8-3-1-2-7(6-8)11(15)16/h7-8H,1-6H2,(H,15,16). The van der Waals surface area contributed by atoms with Crippen LogP contribution in [0, 0.1) is 5.92 Å². The van der Waals surface area contributed by atoms with Gasteiger partial charge in [0.2, 0.25) is 11.8 Å². The van der Waals surface area contributed by atoms with Crippen LogP contribution < -0.4 is 0 Å². The van der Waals surface area contributed by atoms with Gasteiger partial charge in [-0.15, -0.1) is 0 Å². The second kappa shape index (κ2) is 4.23. The lowest BCUT2D eigenvalue weighted by molar-refractivity contribution is -0.148. The quantitative estimate of drug-likeness (QED) is 0.705. The molecule has 1 heterocycles. The van der Waals surface area contributed by atoms with Crippen molar-refractivity contribution in [3.8, 4) is 0 Å². The second-order valence-electron chi connectivity index (χ2n) is 4.51. The second-order valence-corrected chi connectivity index (χ2v) is 4.51. The molecule has 1 N–H and O–H groups in total. The van der Waals surface area contributed by atoms with Gasteiger partial charge in [-0.05, 0) is 19.3 Å². The summed E-state index contributed by atoms with van der Waals surface area (Å²) in [5, 5.41) is 8.94. The normalized spacial score (nSPS) is 30.9. The van der Waals surface area contributed by atoms with Crippen molar-refractivity contribution in [2.45, 2.75) is 44.6 Å². The Morgan fingerprint density at radius 1 is 1.19 bits per heavy atom. The molecule has 2 atom stereocenters. The molecule has 1 saturated heterocycles. The number of carbonyl (C=O) groups excluding carboxylic acids is 2. The number of likely N-dealkylation sites (tertiary alicyclic amines) is 1. The molecule has 2 amide bonds. The number of hydrogen-bond donors (Lipinski definition) is 1. The first kappa shape index (κ1) is 11.1. The van der Waals surface area contributed by atoms with Crippen LogP contribution >= 0.6 is 0 Å². The molecule has 2 fully saturated rings. The molecule has 0 aromatic rings. The minimum Gasteiger partial charge on any atom is -0.481 e. The number of rotatable bonds is 2. The van der Waals surface area contributed by atoms with Gasteiger partial charge in [-0.2, -0.15) is 0 Å². The first-order valence-corrected chi connectivity index (χ1v) is 5.67. The fourth-order valence-corrected chi connectivity index (χ4v) is 2.62. The fourth-order valence-electron chi connectivity index (χ4n) is 2.62. The molecule has 2 unspecified atom stereocenters. The first-order chi connectivity index (χ1) is 7.59. The van der Waals surface area contributed by atoms with Crippen molar-refractivity contribution >= 4 is 17.8 Å². The molecular formula is C11H15NO4. The number of carbonyl (C=O) groups is 3. The van der Waals surface area contributed by atoms with Crippen molar-refractivity contribution in [3.63, 3.8) is 0 Å². The van der Waals surface area contributed by atoms with Crippen LogP contribution in [0.2, 0.25) is 0 Å². The van der Waals surface area contributed by atoms with E-state index in [1.807, 2.05) is 0 Å². The summed E-state index contributed by atoms with van der Waals surface area (Å²) in [6, 6.07) is -0.183. The van der Waals surface area contributed by atoms with Crippen LogP contribution in [-0.2, 0) is 14.4 Å². The van der Waals surface area contributed by atoms with Gasteiger partial charge in [0.05, 0.1) is 5.92 Å². The predicted octanol–water partition coefficient (Wildman–Crippen LogP) is 0.779. The zero-order chi connectivity index (χ0) is 11.7. The Kier molecular flexibility index (Phi) is 2.94. The smallest absolute Gasteiger partial charge is 0.306 e. The third kappa shape index (κ3) is 1.94. The number of carboxylic acid groups (broad SMARTS) is 1. The lowest BCUT2D eigenvalue weighted by Gasteiger charge is -2.32. The molecule has 5 heteroatoms. The molecule has 88 valence electrons. The maximum Gasteiger partial charge on any atom is 0.306 e. The highest BCUT2D eigenvalue weighted by molar-refractivity contribution is 6.02. The summed E-state index contributed by atoms with van der Waals surface area (Å²) in [5.74, 6) is -1.49. The van der Waals surface area contributed by atoms with Crippen LogP contribution in [0.5, 0.6) is 0 Å². The average molecular weight is 225 g/mol. The van der Waals surface area contributed by atoms with E-state index in [0.29, 0.717) is 12.8 Å². The Morgan fingerprint density at radius 2 is 1.81 bits per heavy atom. The van der Waals surface area contributed by atoms with Crippen molar-refractivity contribution in [2.75, 3.05) is 0 Å². The molecule has 1 saturated carbocycles. The largest absolute Gasteiger partial charge is 0.481 e. The zero-order valence-electron chi connectivity index (χ0n) is 9.02. The summed E-state index contributed by atoms with van der Waals surface area (Å²) in [5.41, 5.74) is 0. The molecule has 0 bridgehead atoms. The van der Waals surface area contributed by atoms with E-state index in [2.05, 4.69) is 0 Å². The van der Waals surface area contributed by atoms with Crippen molar-refractivity contribution in [3.05, 3.63) is 0 Å². The van der Waals surface area contributed by atoms with Crippen LogP contribution in [-0.4, -0.2) is 33.8 Å². The van der Waals surface area contributed by atoms with E-state index in [1.54, 1.807) is 0 Å². The lowest BCUT2D eigenvalue weighted by atomic mass is 9.85. The molecular weight excluding hydrogens is 210 g/mol. The van der Waals surface area contributed by atoms with E-state index in [9.17, 15) is 14.4 Å². The predicted molar refractivity (Wildman–Crippen MR) is 54.5 cm³/mol. The van der Waals surface area contributed by atoms with E-state index in [1.165, 1.54) is 4.90 Å². The molecule has 2 rings (SSSR count). The molecule has 1 aliphatic carbocycles. The van der Waals surface area contributed by atoms with Crippen LogP contribution in [0.3, 0.4) is 0 Å². The Bertz CT molecular complexity index is 323. The van der Waals surface area contributed by atoms with E-state index < -0.39 is 11.9 Å². The summed E-state index contributed by atoms with van der Waals surface area (Å²) in [6.07, 6.45) is 3.18. The summed E-state index contributed by atoms with van der Waals surface area (Å²) >= 11 is 0. The summed E-state index contributed by atoms with van der Waals surface area (Å²) < 4.78 is 0. The van der Waals surface area contributed by atoms with Gasteiger partial charge >= 0.3 is 5.97 Å². The van der Waals surface area contributed by atoms with Crippen molar-refractivity contribution < 1.29 is 19.5 Å². The number of carboxylic acids is 1. The van der Waals surface area contributed by atoms with Crippen LogP contribution in [0.25, 0.3) is 0 Å². The molecule has 16 heavy (non-hydrogen) atoms. The minimum atomic E-state index is -0.816. The number of aliphatic carboxylic acids is 1. The van der Waals surface area contributed by atoms with Gasteiger partial charge in [-0.3, -0.25) is 19.3 Å². The summed E-state index contributed by atoms with van der Waals surface area (Å²) in [7, 11) is 0. The maximum absolute atomic E-state index is 11.5. The minimum absolute atomic E-state index is 0.138. The van der Waals surface area contributed by atoms with E-state index in [-0.39, 0.29) is 30.7 Å². The van der Waals surface area contributed by atoms with Crippen LogP contribution in [0.1, 0.15) is 38.5 Å². The molecule has 0 radical (unpaired) electrons. The van der Waals surface area contributed by atoms with Gasteiger partial charge in [0.15, 0.2) is 0 Å². The highest BCUT2D eigenvalue weighted by atomic mass is 16.4. The number of nitrogens with zero attached hydrogens (tertiary/aromatic N) is 1. The van der Waals surface area contributed by atoms with Gasteiger partial charge in [0.1, 0.15) is 0 Å². The van der Waals surface area contributed by atoms with Crippen molar-refractivity contribution in [1.29, 1.82) is 0 Å². The highest BCUT2D eigenvalue weighted by Crippen LogP contribution is 2.30. The SMILES string of the molecule is O=C(O)C1CCCC(N2C(=O)CCC2=O)C1. The van der Waals surface area contributed by atoms with Gasteiger partial charge < -0.3 is 5.11 Å². The van der Waals surface area contributed by atoms with Crippen molar-refractivity contribution in [1.82, 2.24) is 4.90 Å². The highest BCUT2D eigenvalue weighted by Gasteiger charge is 2.38. The molecule has 0 aromatic heterocycles. The van der Waals surface area contributed by atoms with E-state index >= 15 is 0 Å². The molecule has 1 aliphatic heterocycles. The Morgan fingerprint density at radius 3 is 2.38 bits per heavy atom. The Balaban J connectivity index is 2.06. The van der Waals surface area contributed by atoms with E-state index in [0.717, 1.165) is 12.8 Å². The molecule has 2 aliphatic rings. The van der Waals surface area contributed by atoms with Gasteiger partial charge in [-0.1, -0.05) is 6.42 Å². The van der Waals surface area contributed by atoms with Crippen molar-refractivity contribution in [2.24, 2.45) is 5.92 Å². The Hall–Kier alpha value is -1.39. The molecule has 0 aromatic carbocycles. The van der Waals surface area contributed by atoms with Gasteiger partial charge in [0, 0.05) is 18.9 Å². The van der Waals surface area contributed by atoms with Gasteiger partial charge in [0.25, 0.3) is 0 Å². The number of imide groups is 1. The third-order valence-electron chi connectivity index (χ3n) is 3.45. The Labute approximate surface area is 93.4 Å². The summed E-state index contributed by atoms with van der Waals surface area (Å²) in [6.45, 7) is 0. The van der Waals surface area contributed by atoms with Crippen LogP contribution in [0.4, 0.5) is 0 Å². The average Bonchev–Trinajstić information content (AvgIpc) is 2.59. The monoisotopic (exact) mass is 225 g/mol. The summed E-state index contributed by atoms with van der Waals surface area (Å²) in [4.78, 5) is 35.2. The first-order valence-electron chi connectivity index (χ1n) is 5.67. The number of hydrogen-bond acceptors (Lipinski definition) is 3. The van der Waals surface area contributed by atoms with E-state index in [4.69, 9.17) is 5.11 Å². The van der Waals surface area contributed by atoms with Gasteiger partial charge in [-0.25, -0.2) is 0 Å². The topological polar surface area (TPSA) is 74.7 Å². The zero-order valence-corrected chi connectivity index (χ0v) is 9.02. The fraction of sp³-hybridized carbons (Fsp3) is 0.727. The maximum atomic E-state index is 11.5. The molecule has 0 spiro atoms. The van der Waals surface area contributed by atoms with Crippen LogP contribution in [0.15, 0.2) is 0 Å².